The Morgan fingerprint density at radius 2 is 1.52 bits per heavy atom. The zero-order valence-electron chi connectivity index (χ0n) is 13.6. The summed E-state index contributed by atoms with van der Waals surface area (Å²) in [4.78, 5) is 27.3. The molecule has 2 aromatic rings. The van der Waals surface area contributed by atoms with Crippen molar-refractivity contribution in [1.29, 1.82) is 0 Å². The number of hydrogen-bond acceptors (Lipinski definition) is 3. The van der Waals surface area contributed by atoms with E-state index in [1.54, 1.807) is 0 Å². The fourth-order valence-corrected chi connectivity index (χ4v) is 5.24. The molecular formula is C21H17NO3. The van der Waals surface area contributed by atoms with Gasteiger partial charge in [-0.25, -0.2) is 4.90 Å². The second-order valence-corrected chi connectivity index (χ2v) is 7.53. The Morgan fingerprint density at radius 1 is 0.840 bits per heavy atom. The van der Waals surface area contributed by atoms with Crippen molar-refractivity contribution in [1.82, 2.24) is 0 Å². The minimum Gasteiger partial charge on any atom is -0.373 e. The summed E-state index contributed by atoms with van der Waals surface area (Å²) in [5, 5.41) is 0. The first-order valence-electron chi connectivity index (χ1n) is 8.97. The van der Waals surface area contributed by atoms with Gasteiger partial charge in [0.1, 0.15) is 0 Å². The molecule has 0 radical (unpaired) electrons. The Kier molecular flexibility index (Phi) is 2.53. The van der Waals surface area contributed by atoms with E-state index < -0.39 is 0 Å². The van der Waals surface area contributed by atoms with Crippen LogP contribution < -0.4 is 4.90 Å². The van der Waals surface area contributed by atoms with Gasteiger partial charge in [-0.05, 0) is 53.6 Å². The van der Waals surface area contributed by atoms with Crippen molar-refractivity contribution >= 4 is 17.5 Å². The SMILES string of the molecule is O=C1[C@@H]2[C@H](C(=O)N1c1ccc3c(c1)Cc1ccccc1-3)[C@@H]1CC[C@@H]2O1. The number of fused-ring (bicyclic) bond motifs is 8. The highest BCUT2D eigenvalue weighted by molar-refractivity contribution is 6.23. The van der Waals surface area contributed by atoms with Crippen LogP contribution in [0.4, 0.5) is 5.69 Å². The van der Waals surface area contributed by atoms with Crippen molar-refractivity contribution < 1.29 is 14.3 Å². The maximum atomic E-state index is 12.9. The van der Waals surface area contributed by atoms with Gasteiger partial charge in [0.15, 0.2) is 0 Å². The maximum absolute atomic E-state index is 12.9. The molecule has 3 heterocycles. The van der Waals surface area contributed by atoms with E-state index >= 15 is 0 Å². The van der Waals surface area contributed by atoms with Crippen LogP contribution in [-0.4, -0.2) is 24.0 Å². The van der Waals surface area contributed by atoms with Crippen LogP contribution in [0.1, 0.15) is 24.0 Å². The number of rotatable bonds is 1. The molecule has 2 bridgehead atoms. The lowest BCUT2D eigenvalue weighted by Crippen LogP contribution is -2.34. The summed E-state index contributed by atoms with van der Waals surface area (Å²) in [5.41, 5.74) is 5.68. The molecule has 25 heavy (non-hydrogen) atoms. The molecule has 4 nitrogen and oxygen atoms in total. The van der Waals surface area contributed by atoms with Gasteiger partial charge in [0.25, 0.3) is 0 Å². The number of nitrogens with zero attached hydrogens (tertiary/aromatic N) is 1. The fourth-order valence-electron chi connectivity index (χ4n) is 5.24. The maximum Gasteiger partial charge on any atom is 0.240 e. The van der Waals surface area contributed by atoms with Gasteiger partial charge in [-0.2, -0.15) is 0 Å². The highest BCUT2D eigenvalue weighted by Crippen LogP contribution is 2.50. The van der Waals surface area contributed by atoms with Gasteiger partial charge in [0.2, 0.25) is 11.8 Å². The zero-order chi connectivity index (χ0) is 16.7. The highest BCUT2D eigenvalue weighted by Gasteiger charge is 2.62. The van der Waals surface area contributed by atoms with Crippen molar-refractivity contribution in [2.45, 2.75) is 31.5 Å². The first kappa shape index (κ1) is 13.8. The molecule has 1 aliphatic carbocycles. The van der Waals surface area contributed by atoms with Crippen LogP contribution in [0.3, 0.4) is 0 Å². The van der Waals surface area contributed by atoms with E-state index in [4.69, 9.17) is 4.74 Å². The number of carbonyl (C=O) groups excluding carboxylic acids is 2. The molecule has 6 rings (SSSR count). The molecule has 0 unspecified atom stereocenters. The van der Waals surface area contributed by atoms with E-state index in [1.807, 2.05) is 18.2 Å². The summed E-state index contributed by atoms with van der Waals surface area (Å²) in [6, 6.07) is 14.4. The Labute approximate surface area is 145 Å². The van der Waals surface area contributed by atoms with E-state index in [0.29, 0.717) is 0 Å². The molecule has 0 aromatic heterocycles. The minimum atomic E-state index is -0.267. The van der Waals surface area contributed by atoms with Crippen molar-refractivity contribution in [3.63, 3.8) is 0 Å². The number of carbonyl (C=O) groups is 2. The third-order valence-electron chi connectivity index (χ3n) is 6.32. The number of amides is 2. The Morgan fingerprint density at radius 3 is 2.28 bits per heavy atom. The van der Waals surface area contributed by atoms with E-state index in [0.717, 1.165) is 24.9 Å². The minimum absolute atomic E-state index is 0.0601. The topological polar surface area (TPSA) is 46.6 Å². The Bertz CT molecular complexity index is 922. The van der Waals surface area contributed by atoms with Gasteiger partial charge in [0.05, 0.1) is 29.7 Å². The van der Waals surface area contributed by atoms with Gasteiger partial charge >= 0.3 is 0 Å². The molecular weight excluding hydrogens is 314 g/mol. The largest absolute Gasteiger partial charge is 0.373 e. The molecule has 4 aliphatic rings. The van der Waals surface area contributed by atoms with Gasteiger partial charge in [0, 0.05) is 0 Å². The molecule has 0 spiro atoms. The monoisotopic (exact) mass is 331 g/mol. The van der Waals surface area contributed by atoms with Crippen molar-refractivity contribution in [3.8, 4) is 11.1 Å². The molecule has 3 fully saturated rings. The van der Waals surface area contributed by atoms with Crippen LogP contribution in [0.25, 0.3) is 11.1 Å². The normalized spacial score (nSPS) is 31.4. The first-order chi connectivity index (χ1) is 12.2. The van der Waals surface area contributed by atoms with Crippen LogP contribution in [0.15, 0.2) is 42.5 Å². The Balaban J connectivity index is 1.41. The predicted octanol–water partition coefficient (Wildman–Crippen LogP) is 2.92. The average Bonchev–Trinajstić information content (AvgIpc) is 3.36. The van der Waals surface area contributed by atoms with Crippen LogP contribution in [-0.2, 0) is 20.7 Å². The van der Waals surface area contributed by atoms with Crippen LogP contribution in [0.5, 0.6) is 0 Å². The summed E-state index contributed by atoms with van der Waals surface area (Å²) < 4.78 is 5.81. The second-order valence-electron chi connectivity index (χ2n) is 7.53. The van der Waals surface area contributed by atoms with E-state index in [2.05, 4.69) is 24.3 Å². The molecule has 4 heteroatoms. The lowest BCUT2D eigenvalue weighted by atomic mass is 9.81. The van der Waals surface area contributed by atoms with Gasteiger partial charge in [-0.3, -0.25) is 9.59 Å². The fraction of sp³-hybridized carbons (Fsp3) is 0.333. The summed E-state index contributed by atoms with van der Waals surface area (Å²) in [7, 11) is 0. The molecule has 124 valence electrons. The first-order valence-corrected chi connectivity index (χ1v) is 8.97. The van der Waals surface area contributed by atoms with Gasteiger partial charge < -0.3 is 4.74 Å². The van der Waals surface area contributed by atoms with Gasteiger partial charge in [-0.1, -0.05) is 30.3 Å². The lowest BCUT2D eigenvalue weighted by molar-refractivity contribution is -0.124. The average molecular weight is 331 g/mol. The number of imide groups is 1. The summed E-state index contributed by atoms with van der Waals surface area (Å²) in [6.45, 7) is 0. The van der Waals surface area contributed by atoms with Crippen LogP contribution in [0.2, 0.25) is 0 Å². The van der Waals surface area contributed by atoms with E-state index in [-0.39, 0.29) is 35.9 Å². The van der Waals surface area contributed by atoms with E-state index in [9.17, 15) is 9.59 Å². The van der Waals surface area contributed by atoms with E-state index in [1.165, 1.54) is 27.2 Å². The van der Waals surface area contributed by atoms with Crippen LogP contribution >= 0.6 is 0 Å². The number of hydrogen-bond donors (Lipinski definition) is 0. The van der Waals surface area contributed by atoms with Crippen LogP contribution in [0, 0.1) is 11.8 Å². The predicted molar refractivity (Wildman–Crippen MR) is 92.1 cm³/mol. The number of benzene rings is 2. The molecule has 4 atom stereocenters. The summed E-state index contributed by atoms with van der Waals surface area (Å²) >= 11 is 0. The van der Waals surface area contributed by atoms with Crippen molar-refractivity contribution in [2.75, 3.05) is 4.90 Å². The Hall–Kier alpha value is -2.46. The molecule has 2 aromatic carbocycles. The quantitative estimate of drug-likeness (QED) is 0.644. The highest BCUT2D eigenvalue weighted by atomic mass is 16.5. The molecule has 3 aliphatic heterocycles. The molecule has 2 amide bonds. The standard InChI is InChI=1S/C21H17NO3/c23-20-18-16-7-8-17(25-16)19(18)21(24)22(20)13-5-6-15-12(10-13)9-11-3-1-2-4-14(11)15/h1-6,10,16-19H,7-9H2/t16-,17-,18-,19+/m0/s1. The smallest absolute Gasteiger partial charge is 0.240 e. The third-order valence-corrected chi connectivity index (χ3v) is 6.32. The number of anilines is 1. The van der Waals surface area contributed by atoms with Crippen molar-refractivity contribution in [3.05, 3.63) is 53.6 Å². The zero-order valence-corrected chi connectivity index (χ0v) is 13.6. The second kappa shape index (κ2) is 4.58. The molecule has 3 saturated heterocycles. The summed E-state index contributed by atoms with van der Waals surface area (Å²) in [5.74, 6) is -0.677. The molecule has 0 N–H and O–H groups in total. The number of ether oxygens (including phenoxy) is 1. The lowest BCUT2D eigenvalue weighted by Gasteiger charge is -2.18. The molecule has 0 saturated carbocycles. The summed E-state index contributed by atoms with van der Waals surface area (Å²) in [6.07, 6.45) is 2.54. The third kappa shape index (κ3) is 1.65. The van der Waals surface area contributed by atoms with Crippen molar-refractivity contribution in [2.24, 2.45) is 11.8 Å². The van der Waals surface area contributed by atoms with Gasteiger partial charge in [-0.15, -0.1) is 0 Å².